The zero-order valence-corrected chi connectivity index (χ0v) is 14.8. The van der Waals surface area contributed by atoms with Gasteiger partial charge in [0.15, 0.2) is 11.5 Å². The molecule has 0 bridgehead atoms. The number of carbonyl (C=O) groups is 1. The highest BCUT2D eigenvalue weighted by Gasteiger charge is 2.31. The maximum Gasteiger partial charge on any atom is 0.416 e. The number of benzene rings is 1. The van der Waals surface area contributed by atoms with Gasteiger partial charge in [0.05, 0.1) is 23.6 Å². The molecule has 143 valence electrons. The Morgan fingerprint density at radius 1 is 1.39 bits per heavy atom. The van der Waals surface area contributed by atoms with E-state index in [4.69, 9.17) is 0 Å². The summed E-state index contributed by atoms with van der Waals surface area (Å²) < 4.78 is 38.3. The lowest BCUT2D eigenvalue weighted by Crippen LogP contribution is -2.34. The van der Waals surface area contributed by atoms with Gasteiger partial charge < -0.3 is 19.9 Å². The first-order valence-electron chi connectivity index (χ1n) is 8.19. The van der Waals surface area contributed by atoms with Crippen molar-refractivity contribution in [3.63, 3.8) is 0 Å². The summed E-state index contributed by atoms with van der Waals surface area (Å²) in [6.07, 6.45) is -2.09. The highest BCUT2D eigenvalue weighted by atomic mass is 19.4. The van der Waals surface area contributed by atoms with E-state index in [0.29, 0.717) is 24.8 Å². The Morgan fingerprint density at radius 2 is 2.07 bits per heavy atom. The third-order valence-corrected chi connectivity index (χ3v) is 3.70. The molecule has 7 nitrogen and oxygen atoms in total. The van der Waals surface area contributed by atoms with Crippen LogP contribution < -0.4 is 10.0 Å². The summed E-state index contributed by atoms with van der Waals surface area (Å²) in [5.41, 5.74) is -0.213. The number of alkyl halides is 3. The van der Waals surface area contributed by atoms with Crippen molar-refractivity contribution in [2.45, 2.75) is 19.4 Å². The first-order valence-corrected chi connectivity index (χ1v) is 8.19. The van der Waals surface area contributed by atoms with Crippen LogP contribution in [0.5, 0.6) is 0 Å². The van der Waals surface area contributed by atoms with Crippen molar-refractivity contribution in [3.8, 4) is 6.07 Å². The zero-order chi connectivity index (χ0) is 20.7. The average Bonchev–Trinajstić information content (AvgIpc) is 2.65. The van der Waals surface area contributed by atoms with E-state index >= 15 is 0 Å². The number of carbonyl (C=O) groups excluding carboxylic acids is 1. The normalized spacial score (nSPS) is 10.9. The Hall–Kier alpha value is -2.90. The van der Waals surface area contributed by atoms with Crippen molar-refractivity contribution < 1.29 is 23.0 Å². The van der Waals surface area contributed by atoms with Crippen LogP contribution in [0.1, 0.15) is 17.0 Å². The Kier molecular flexibility index (Phi) is 7.14. The number of hydrogen-bond acceptors (Lipinski definition) is 7. The van der Waals surface area contributed by atoms with Crippen LogP contribution in [-0.2, 0) is 17.4 Å². The molecule has 0 saturated heterocycles. The Balaban J connectivity index is 2.33. The van der Waals surface area contributed by atoms with Gasteiger partial charge in [-0.1, -0.05) is 0 Å². The van der Waals surface area contributed by atoms with Crippen molar-refractivity contribution in [1.82, 2.24) is 15.2 Å². The maximum atomic E-state index is 12.8. The number of nitrogens with one attached hydrogen (secondary N) is 1. The van der Waals surface area contributed by atoms with E-state index in [-0.39, 0.29) is 17.2 Å². The second-order valence-electron chi connectivity index (χ2n) is 5.70. The van der Waals surface area contributed by atoms with Crippen molar-refractivity contribution in [2.24, 2.45) is 0 Å². The summed E-state index contributed by atoms with van der Waals surface area (Å²) in [6.45, 7) is 1.80. The van der Waals surface area contributed by atoms with Crippen molar-refractivity contribution in [1.29, 1.82) is 5.26 Å². The van der Waals surface area contributed by atoms with Gasteiger partial charge in [-0.15, -0.1) is 0 Å². The van der Waals surface area contributed by atoms with Gasteiger partial charge in [0.2, 0.25) is 0 Å². The van der Waals surface area contributed by atoms with Gasteiger partial charge in [0.1, 0.15) is 6.07 Å². The summed E-state index contributed by atoms with van der Waals surface area (Å²) in [5.74, 6) is 0.0217. The second-order valence-corrected chi connectivity index (χ2v) is 5.70. The van der Waals surface area contributed by atoms with Gasteiger partial charge in [-0.3, -0.25) is 0 Å². The van der Waals surface area contributed by atoms with Crippen molar-refractivity contribution >= 4 is 32.2 Å². The van der Waals surface area contributed by atoms with Gasteiger partial charge in [-0.25, -0.2) is 9.97 Å². The molecule has 1 heterocycles. The van der Waals surface area contributed by atoms with Crippen LogP contribution in [0.2, 0.25) is 6.82 Å². The number of aromatic nitrogens is 2. The van der Waals surface area contributed by atoms with Crippen LogP contribution in [-0.4, -0.2) is 42.2 Å². The third kappa shape index (κ3) is 5.31. The van der Waals surface area contributed by atoms with E-state index in [1.807, 2.05) is 6.07 Å². The van der Waals surface area contributed by atoms with Crippen LogP contribution in [0.15, 0.2) is 30.5 Å². The molecule has 1 radical (unpaired) electrons. The Labute approximate surface area is 160 Å². The fraction of sp³-hybridized carbons (Fsp3) is 0.250. The number of nitriles is 1. The van der Waals surface area contributed by atoms with Crippen LogP contribution in [0.4, 0.5) is 24.7 Å². The number of nitrogens with zero attached hydrogens (tertiary/aromatic N) is 4. The van der Waals surface area contributed by atoms with Crippen molar-refractivity contribution in [3.05, 3.63) is 47.4 Å². The number of hydrogen-bond donors (Lipinski definition) is 2. The summed E-state index contributed by atoms with van der Waals surface area (Å²) in [4.78, 5) is 19.8. The van der Waals surface area contributed by atoms with Gasteiger partial charge in [0, 0.05) is 12.1 Å². The minimum atomic E-state index is -4.48. The molecule has 1 aromatic carbocycles. The molecule has 2 N–H and O–H groups in total. The van der Waals surface area contributed by atoms with E-state index in [0.717, 1.165) is 12.1 Å². The maximum absolute atomic E-state index is 12.8. The number of rotatable bonds is 8. The summed E-state index contributed by atoms with van der Waals surface area (Å²) in [6, 6.07) is 6.02. The molecule has 28 heavy (non-hydrogen) atoms. The van der Waals surface area contributed by atoms with Crippen LogP contribution >= 0.6 is 0 Å². The Bertz CT molecular complexity index is 857. The predicted octanol–water partition coefficient (Wildman–Crippen LogP) is 1.56. The fourth-order valence-corrected chi connectivity index (χ4v) is 2.45. The minimum absolute atomic E-state index is 0.0217. The average molecular weight is 388 g/mol. The predicted molar refractivity (Wildman–Crippen MR) is 98.4 cm³/mol. The third-order valence-electron chi connectivity index (χ3n) is 3.70. The van der Waals surface area contributed by atoms with Gasteiger partial charge in [0.25, 0.3) is 7.41 Å². The first-order chi connectivity index (χ1) is 13.3. The smallest absolute Gasteiger partial charge is 0.416 e. The first kappa shape index (κ1) is 21.4. The molecule has 2 rings (SSSR count). The number of halogens is 3. The van der Waals surface area contributed by atoms with Crippen LogP contribution in [0.3, 0.4) is 0 Å². The standard InChI is InChI=1S/C16H15B2F3N5O2/c1-18(28)26(13-4-2-11(3-5-13)16(19,20)21)15-14(8-22)25-12(9-23-15)6-7-24-17-10-27/h2-5,9-10,24,28H,6-7H2,1H3. The monoisotopic (exact) mass is 388 g/mol. The minimum Gasteiger partial charge on any atom is -0.432 e. The molecule has 0 fully saturated rings. The SMILES string of the molecule is CB(O)N(c1ccc(C(F)(F)F)cc1)c1ncc(CCN[B]C=O)nc1C#N. The lowest BCUT2D eigenvalue weighted by atomic mass is 9.83. The van der Waals surface area contributed by atoms with E-state index in [1.54, 1.807) is 0 Å². The molecule has 0 atom stereocenters. The lowest BCUT2D eigenvalue weighted by Gasteiger charge is -2.25. The largest absolute Gasteiger partial charge is 0.432 e. The molecule has 1 aromatic heterocycles. The molecule has 0 spiro atoms. The summed E-state index contributed by atoms with van der Waals surface area (Å²) in [5, 5.41) is 22.3. The van der Waals surface area contributed by atoms with Gasteiger partial charge in [-0.05, 0) is 37.6 Å². The summed E-state index contributed by atoms with van der Waals surface area (Å²) >= 11 is 0. The summed E-state index contributed by atoms with van der Waals surface area (Å²) in [7, 11) is 0.0557. The van der Waals surface area contributed by atoms with Crippen LogP contribution in [0.25, 0.3) is 0 Å². The fourth-order valence-electron chi connectivity index (χ4n) is 2.45. The quantitative estimate of drug-likeness (QED) is 0.402. The highest BCUT2D eigenvalue weighted by molar-refractivity contribution is 6.64. The molecular weight excluding hydrogens is 373 g/mol. The Morgan fingerprint density at radius 3 is 2.61 bits per heavy atom. The van der Waals surface area contributed by atoms with E-state index in [1.165, 1.54) is 37.4 Å². The lowest BCUT2D eigenvalue weighted by molar-refractivity contribution is -0.137. The van der Waals surface area contributed by atoms with Gasteiger partial charge >= 0.3 is 13.2 Å². The zero-order valence-electron chi connectivity index (χ0n) is 14.8. The molecular formula is C16H15B2F3N5O2. The topological polar surface area (TPSA) is 102 Å². The molecule has 2 aromatic rings. The molecule has 0 amide bonds. The molecule has 0 aliphatic heterocycles. The van der Waals surface area contributed by atoms with E-state index in [9.17, 15) is 28.3 Å². The molecule has 0 aliphatic rings. The van der Waals surface area contributed by atoms with E-state index in [2.05, 4.69) is 15.2 Å². The van der Waals surface area contributed by atoms with Crippen molar-refractivity contribution in [2.75, 3.05) is 11.4 Å². The molecule has 0 unspecified atom stereocenters. The van der Waals surface area contributed by atoms with Crippen LogP contribution in [0, 0.1) is 11.3 Å². The van der Waals surface area contributed by atoms with Gasteiger partial charge in [-0.2, -0.15) is 18.4 Å². The second kappa shape index (κ2) is 9.34. The number of anilines is 2. The van der Waals surface area contributed by atoms with E-state index < -0.39 is 18.8 Å². The molecule has 12 heteroatoms. The molecule has 0 saturated carbocycles. The molecule has 0 aliphatic carbocycles. The highest BCUT2D eigenvalue weighted by Crippen LogP contribution is 2.32.